The van der Waals surface area contributed by atoms with Gasteiger partial charge in [-0.3, -0.25) is 0 Å². The average molecular weight is 245 g/mol. The smallest absolute Gasteiger partial charge is 0.101 e. The van der Waals surface area contributed by atoms with Gasteiger partial charge in [0, 0.05) is 15.6 Å². The lowest BCUT2D eigenvalue weighted by atomic mass is 10.2. The molecule has 0 aliphatic heterocycles. The van der Waals surface area contributed by atoms with Crippen LogP contribution in [0.1, 0.15) is 12.0 Å². The second-order valence-corrected chi connectivity index (χ2v) is 3.91. The van der Waals surface area contributed by atoms with Crippen molar-refractivity contribution in [2.45, 2.75) is 13.0 Å². The van der Waals surface area contributed by atoms with Crippen LogP contribution in [0.15, 0.2) is 12.1 Å². The van der Waals surface area contributed by atoms with Crippen LogP contribution in [-0.4, -0.2) is 6.54 Å². The van der Waals surface area contributed by atoms with Crippen LogP contribution in [0.25, 0.3) is 0 Å². The highest BCUT2D eigenvalue weighted by Crippen LogP contribution is 2.28. The first-order chi connectivity index (χ1) is 7.15. The fourth-order valence-electron chi connectivity index (χ4n) is 1.19. The van der Waals surface area contributed by atoms with Gasteiger partial charge in [0.05, 0.1) is 19.0 Å². The predicted molar refractivity (Wildman–Crippen MR) is 56.6 cm³/mol. The van der Waals surface area contributed by atoms with Gasteiger partial charge in [-0.15, -0.1) is 0 Å². The van der Waals surface area contributed by atoms with Gasteiger partial charge in [-0.2, -0.15) is 5.26 Å². The lowest BCUT2D eigenvalue weighted by Crippen LogP contribution is -2.82. The molecule has 0 fully saturated rings. The van der Waals surface area contributed by atoms with E-state index in [0.29, 0.717) is 30.1 Å². The van der Waals surface area contributed by atoms with Gasteiger partial charge in [0.2, 0.25) is 0 Å². The zero-order chi connectivity index (χ0) is 11.3. The third-order valence-electron chi connectivity index (χ3n) is 1.91. The first-order valence-corrected chi connectivity index (χ1v) is 5.24. The van der Waals surface area contributed by atoms with E-state index in [4.69, 9.17) is 28.5 Å². The Kier molecular flexibility index (Phi) is 4.70. The Morgan fingerprint density at radius 1 is 1.40 bits per heavy atom. The molecule has 3 nitrogen and oxygen atoms in total. The Balaban J connectivity index is 2.65. The van der Waals surface area contributed by atoms with Gasteiger partial charge in [0.25, 0.3) is 0 Å². The number of nitriles is 1. The van der Waals surface area contributed by atoms with Crippen LogP contribution in [0.4, 0.5) is 0 Å². The number of nitrogens with two attached hydrogens (primary N) is 1. The van der Waals surface area contributed by atoms with E-state index in [1.54, 1.807) is 6.07 Å². The fraction of sp³-hybridized carbons (Fsp3) is 0.300. The Morgan fingerprint density at radius 3 is 2.80 bits per heavy atom. The summed E-state index contributed by atoms with van der Waals surface area (Å²) in [7, 11) is 0. The van der Waals surface area contributed by atoms with Gasteiger partial charge in [-0.05, 0) is 12.1 Å². The van der Waals surface area contributed by atoms with E-state index in [-0.39, 0.29) is 10.8 Å². The highest BCUT2D eigenvalue weighted by molar-refractivity contribution is 6.35. The molecule has 0 radical (unpaired) electrons. The Morgan fingerprint density at radius 2 is 2.13 bits per heavy atom. The lowest BCUT2D eigenvalue weighted by molar-refractivity contribution is -0.670. The molecule has 0 bridgehead atoms. The molecule has 80 valence electrons. The predicted octanol–water partition coefficient (Wildman–Crippen LogP) is 1.04. The largest absolute Gasteiger partial charge is 0.871 e. The van der Waals surface area contributed by atoms with Crippen molar-refractivity contribution in [3.8, 4) is 11.8 Å². The summed E-state index contributed by atoms with van der Waals surface area (Å²) in [5, 5.41) is 22.3. The number of hydrogen-bond donors (Lipinski definition) is 1. The maximum atomic E-state index is 11.5. The van der Waals surface area contributed by atoms with Crippen LogP contribution < -0.4 is 10.4 Å². The van der Waals surface area contributed by atoms with Crippen LogP contribution in [-0.2, 0) is 6.54 Å². The summed E-state index contributed by atoms with van der Waals surface area (Å²) in [5.41, 5.74) is 0.574. The van der Waals surface area contributed by atoms with Gasteiger partial charge in [-0.1, -0.05) is 29.0 Å². The molecule has 0 aromatic heterocycles. The SMILES string of the molecule is N#CCC[NH2+]Cc1cc(Cl)cc(Cl)c1[O-]. The number of rotatable bonds is 4. The number of quaternary nitrogens is 1. The second kappa shape index (κ2) is 5.82. The molecule has 0 spiro atoms. The zero-order valence-electron chi connectivity index (χ0n) is 7.96. The fourth-order valence-corrected chi connectivity index (χ4v) is 1.73. The molecule has 0 heterocycles. The third kappa shape index (κ3) is 3.60. The average Bonchev–Trinajstić information content (AvgIpc) is 2.19. The summed E-state index contributed by atoms with van der Waals surface area (Å²) >= 11 is 11.5. The van der Waals surface area contributed by atoms with E-state index in [1.807, 2.05) is 11.4 Å². The van der Waals surface area contributed by atoms with E-state index in [9.17, 15) is 5.11 Å². The normalized spacial score (nSPS) is 9.93. The minimum Gasteiger partial charge on any atom is -0.871 e. The minimum atomic E-state index is -0.186. The van der Waals surface area contributed by atoms with Crippen molar-refractivity contribution in [3.05, 3.63) is 27.7 Å². The number of nitrogens with zero attached hydrogens (tertiary/aromatic N) is 1. The van der Waals surface area contributed by atoms with E-state index in [0.717, 1.165) is 0 Å². The molecule has 1 rings (SSSR count). The van der Waals surface area contributed by atoms with Crippen LogP contribution in [0.3, 0.4) is 0 Å². The molecule has 1 aromatic rings. The molecule has 0 aliphatic rings. The monoisotopic (exact) mass is 244 g/mol. The molecule has 0 saturated heterocycles. The van der Waals surface area contributed by atoms with Crippen LogP contribution in [0.2, 0.25) is 10.0 Å². The molecule has 5 heteroatoms. The Hall–Kier alpha value is -0.950. The van der Waals surface area contributed by atoms with Gasteiger partial charge in [-0.25, -0.2) is 0 Å². The van der Waals surface area contributed by atoms with Crippen molar-refractivity contribution in [1.29, 1.82) is 5.26 Å². The molecule has 0 atom stereocenters. The number of halogens is 2. The first kappa shape index (κ1) is 12.1. The van der Waals surface area contributed by atoms with Gasteiger partial charge in [0.15, 0.2) is 0 Å². The maximum Gasteiger partial charge on any atom is 0.101 e. The van der Waals surface area contributed by atoms with Crippen molar-refractivity contribution < 1.29 is 10.4 Å². The van der Waals surface area contributed by atoms with E-state index < -0.39 is 0 Å². The standard InChI is InChI=1S/C10H10Cl2N2O/c11-8-4-7(6-14-3-1-2-13)10(15)9(12)5-8/h4-5,14-15H,1,3,6H2. The Labute approximate surface area is 98.2 Å². The Bertz CT molecular complexity index is 388. The van der Waals surface area contributed by atoms with Crippen molar-refractivity contribution in [3.63, 3.8) is 0 Å². The van der Waals surface area contributed by atoms with Crippen LogP contribution >= 0.6 is 23.2 Å². The van der Waals surface area contributed by atoms with Crippen molar-refractivity contribution in [2.75, 3.05) is 6.54 Å². The third-order valence-corrected chi connectivity index (χ3v) is 2.41. The summed E-state index contributed by atoms with van der Waals surface area (Å²) in [4.78, 5) is 0. The maximum absolute atomic E-state index is 11.5. The van der Waals surface area contributed by atoms with Crippen molar-refractivity contribution >= 4 is 23.2 Å². The molecule has 0 amide bonds. The highest BCUT2D eigenvalue weighted by atomic mass is 35.5. The number of hydrogen-bond acceptors (Lipinski definition) is 2. The topological polar surface area (TPSA) is 63.5 Å². The van der Waals surface area contributed by atoms with E-state index in [2.05, 4.69) is 0 Å². The van der Waals surface area contributed by atoms with Gasteiger partial charge >= 0.3 is 0 Å². The second-order valence-electron chi connectivity index (χ2n) is 3.07. The highest BCUT2D eigenvalue weighted by Gasteiger charge is 2.02. The van der Waals surface area contributed by atoms with Crippen LogP contribution in [0.5, 0.6) is 5.75 Å². The van der Waals surface area contributed by atoms with Crippen molar-refractivity contribution in [2.24, 2.45) is 0 Å². The van der Waals surface area contributed by atoms with Crippen molar-refractivity contribution in [1.82, 2.24) is 0 Å². The molecule has 0 saturated carbocycles. The van der Waals surface area contributed by atoms with E-state index in [1.165, 1.54) is 6.07 Å². The summed E-state index contributed by atoms with van der Waals surface area (Å²) in [6.45, 7) is 1.17. The zero-order valence-corrected chi connectivity index (χ0v) is 9.48. The molecule has 2 N–H and O–H groups in total. The van der Waals surface area contributed by atoms with E-state index >= 15 is 0 Å². The summed E-state index contributed by atoms with van der Waals surface area (Å²) in [6, 6.07) is 5.07. The molecular formula is C10H10Cl2N2O. The molecular weight excluding hydrogens is 235 g/mol. The molecule has 0 aliphatic carbocycles. The summed E-state index contributed by atoms with van der Waals surface area (Å²) in [5.74, 6) is -0.186. The molecule has 15 heavy (non-hydrogen) atoms. The lowest BCUT2D eigenvalue weighted by Gasteiger charge is -2.14. The summed E-state index contributed by atoms with van der Waals surface area (Å²) in [6.07, 6.45) is 0.461. The quantitative estimate of drug-likeness (QED) is 0.805. The van der Waals surface area contributed by atoms with Gasteiger partial charge < -0.3 is 10.4 Å². The van der Waals surface area contributed by atoms with Crippen LogP contribution in [0, 0.1) is 11.3 Å². The first-order valence-electron chi connectivity index (χ1n) is 4.48. The molecule has 0 unspecified atom stereocenters. The molecule has 1 aromatic carbocycles. The van der Waals surface area contributed by atoms with Gasteiger partial charge in [0.1, 0.15) is 6.54 Å². The summed E-state index contributed by atoms with van der Waals surface area (Å²) < 4.78 is 0. The number of benzene rings is 1. The minimum absolute atomic E-state index is 0.145.